The highest BCUT2D eigenvalue weighted by molar-refractivity contribution is 4.99. The maximum Gasteiger partial charge on any atom is 0.0923 e. The van der Waals surface area contributed by atoms with Crippen LogP contribution in [0.1, 0.15) is 40.5 Å². The number of hydrogen-bond acceptors (Lipinski definition) is 2. The zero-order chi connectivity index (χ0) is 10.1. The van der Waals surface area contributed by atoms with Crippen molar-refractivity contribution in [2.45, 2.75) is 52.2 Å². The molecule has 1 aliphatic heterocycles. The van der Waals surface area contributed by atoms with Gasteiger partial charge in [0.2, 0.25) is 0 Å². The van der Waals surface area contributed by atoms with E-state index in [4.69, 9.17) is 0 Å². The fraction of sp³-hybridized carbons (Fsp3) is 1.00. The molecule has 1 heterocycles. The van der Waals surface area contributed by atoms with E-state index in [2.05, 4.69) is 32.6 Å². The molecule has 1 saturated heterocycles. The maximum absolute atomic E-state index is 10.0. The number of hydrogen-bond donors (Lipinski definition) is 1. The summed E-state index contributed by atoms with van der Waals surface area (Å²) >= 11 is 0. The SMILES string of the molecule is CCCC(C)N1CC(O)(C(C)C)C1. The maximum atomic E-state index is 10.0. The highest BCUT2D eigenvalue weighted by Gasteiger charge is 2.44. The van der Waals surface area contributed by atoms with Gasteiger partial charge in [-0.3, -0.25) is 4.90 Å². The lowest BCUT2D eigenvalue weighted by molar-refractivity contribution is -0.141. The van der Waals surface area contributed by atoms with Crippen molar-refractivity contribution in [1.29, 1.82) is 0 Å². The number of β-amino-alcohol motifs (C(OH)–C–C–N with tert-alkyl or cyclic N) is 1. The van der Waals surface area contributed by atoms with Crippen LogP contribution in [-0.2, 0) is 0 Å². The van der Waals surface area contributed by atoms with Gasteiger partial charge in [0.1, 0.15) is 0 Å². The molecular weight excluding hydrogens is 162 g/mol. The highest BCUT2D eigenvalue weighted by atomic mass is 16.3. The van der Waals surface area contributed by atoms with Crippen LogP contribution in [0.2, 0.25) is 0 Å². The van der Waals surface area contributed by atoms with E-state index in [0.29, 0.717) is 12.0 Å². The van der Waals surface area contributed by atoms with Crippen LogP contribution in [0.15, 0.2) is 0 Å². The average molecular weight is 185 g/mol. The zero-order valence-corrected chi connectivity index (χ0v) is 9.38. The Kier molecular flexibility index (Phi) is 3.36. The van der Waals surface area contributed by atoms with Crippen molar-refractivity contribution in [3.05, 3.63) is 0 Å². The molecule has 0 radical (unpaired) electrons. The number of aliphatic hydroxyl groups is 1. The summed E-state index contributed by atoms with van der Waals surface area (Å²) in [5, 5.41) is 10.0. The summed E-state index contributed by atoms with van der Waals surface area (Å²) in [6.07, 6.45) is 2.48. The van der Waals surface area contributed by atoms with Gasteiger partial charge in [0.05, 0.1) is 5.60 Å². The molecular formula is C11H23NO. The molecule has 1 rings (SSSR count). The molecule has 0 amide bonds. The van der Waals surface area contributed by atoms with Gasteiger partial charge >= 0.3 is 0 Å². The summed E-state index contributed by atoms with van der Waals surface area (Å²) in [4.78, 5) is 2.38. The van der Waals surface area contributed by atoms with Crippen molar-refractivity contribution < 1.29 is 5.11 Å². The summed E-state index contributed by atoms with van der Waals surface area (Å²) in [5.74, 6) is 0.387. The second-order valence-corrected chi connectivity index (χ2v) is 4.80. The monoisotopic (exact) mass is 185 g/mol. The molecule has 13 heavy (non-hydrogen) atoms. The van der Waals surface area contributed by atoms with Gasteiger partial charge in [-0.05, 0) is 19.3 Å². The Bertz CT molecular complexity index is 161. The summed E-state index contributed by atoms with van der Waals surface area (Å²) in [7, 11) is 0. The van der Waals surface area contributed by atoms with Gasteiger partial charge in [-0.25, -0.2) is 0 Å². The van der Waals surface area contributed by atoms with Crippen LogP contribution in [0.4, 0.5) is 0 Å². The minimum Gasteiger partial charge on any atom is -0.387 e. The molecule has 1 fully saturated rings. The molecule has 0 saturated carbocycles. The third-order valence-corrected chi connectivity index (χ3v) is 3.36. The summed E-state index contributed by atoms with van der Waals surface area (Å²) < 4.78 is 0. The Balaban J connectivity index is 2.32. The molecule has 0 aromatic carbocycles. The van der Waals surface area contributed by atoms with Gasteiger partial charge in [-0.1, -0.05) is 27.2 Å². The predicted molar refractivity (Wildman–Crippen MR) is 55.7 cm³/mol. The average Bonchev–Trinajstić information content (AvgIpc) is 1.98. The minimum absolute atomic E-state index is 0.387. The first-order chi connectivity index (χ1) is 5.99. The Hall–Kier alpha value is -0.0800. The molecule has 0 spiro atoms. The third kappa shape index (κ3) is 2.23. The zero-order valence-electron chi connectivity index (χ0n) is 9.38. The van der Waals surface area contributed by atoms with Crippen molar-refractivity contribution in [2.24, 2.45) is 5.92 Å². The first-order valence-corrected chi connectivity index (χ1v) is 5.46. The first-order valence-electron chi connectivity index (χ1n) is 5.46. The summed E-state index contributed by atoms with van der Waals surface area (Å²) in [5.41, 5.74) is -0.401. The summed E-state index contributed by atoms with van der Waals surface area (Å²) in [6.45, 7) is 10.4. The molecule has 1 aliphatic rings. The first kappa shape index (κ1) is 11.0. The van der Waals surface area contributed by atoms with Gasteiger partial charge in [0, 0.05) is 19.1 Å². The molecule has 2 heteroatoms. The predicted octanol–water partition coefficient (Wildman–Crippen LogP) is 1.88. The van der Waals surface area contributed by atoms with Crippen LogP contribution in [-0.4, -0.2) is 34.7 Å². The fourth-order valence-electron chi connectivity index (χ4n) is 1.93. The Morgan fingerprint density at radius 1 is 1.31 bits per heavy atom. The van der Waals surface area contributed by atoms with Crippen LogP contribution < -0.4 is 0 Å². The molecule has 2 nitrogen and oxygen atoms in total. The van der Waals surface area contributed by atoms with E-state index >= 15 is 0 Å². The number of likely N-dealkylation sites (tertiary alicyclic amines) is 1. The highest BCUT2D eigenvalue weighted by Crippen LogP contribution is 2.30. The standard InChI is InChI=1S/C11H23NO/c1-5-6-10(4)12-7-11(13,8-12)9(2)3/h9-10,13H,5-8H2,1-4H3. The van der Waals surface area contributed by atoms with E-state index in [9.17, 15) is 5.11 Å². The fourth-order valence-corrected chi connectivity index (χ4v) is 1.93. The van der Waals surface area contributed by atoms with Crippen molar-refractivity contribution >= 4 is 0 Å². The van der Waals surface area contributed by atoms with Gasteiger partial charge < -0.3 is 5.11 Å². The van der Waals surface area contributed by atoms with Crippen molar-refractivity contribution in [3.8, 4) is 0 Å². The summed E-state index contributed by atoms with van der Waals surface area (Å²) in [6, 6.07) is 0.643. The second kappa shape index (κ2) is 3.97. The van der Waals surface area contributed by atoms with Crippen LogP contribution in [0.3, 0.4) is 0 Å². The van der Waals surface area contributed by atoms with Crippen LogP contribution in [0.5, 0.6) is 0 Å². The van der Waals surface area contributed by atoms with Gasteiger partial charge in [0.15, 0.2) is 0 Å². The van der Waals surface area contributed by atoms with Crippen molar-refractivity contribution in [1.82, 2.24) is 4.90 Å². The Labute approximate surface area is 81.9 Å². The Morgan fingerprint density at radius 2 is 1.85 bits per heavy atom. The lowest BCUT2D eigenvalue weighted by Gasteiger charge is -2.51. The van der Waals surface area contributed by atoms with E-state index < -0.39 is 5.60 Å². The Morgan fingerprint density at radius 3 is 2.23 bits per heavy atom. The van der Waals surface area contributed by atoms with Crippen LogP contribution in [0, 0.1) is 5.92 Å². The van der Waals surface area contributed by atoms with E-state index in [1.165, 1.54) is 12.8 Å². The van der Waals surface area contributed by atoms with Crippen LogP contribution >= 0.6 is 0 Å². The van der Waals surface area contributed by atoms with E-state index in [0.717, 1.165) is 13.1 Å². The van der Waals surface area contributed by atoms with E-state index in [-0.39, 0.29) is 0 Å². The largest absolute Gasteiger partial charge is 0.387 e. The van der Waals surface area contributed by atoms with Gasteiger partial charge in [-0.2, -0.15) is 0 Å². The third-order valence-electron chi connectivity index (χ3n) is 3.36. The van der Waals surface area contributed by atoms with Gasteiger partial charge in [0.25, 0.3) is 0 Å². The van der Waals surface area contributed by atoms with E-state index in [1.807, 2.05) is 0 Å². The molecule has 0 aromatic rings. The molecule has 1 atom stereocenters. The lowest BCUT2D eigenvalue weighted by Crippen LogP contribution is -2.66. The smallest absolute Gasteiger partial charge is 0.0923 e. The second-order valence-electron chi connectivity index (χ2n) is 4.80. The lowest BCUT2D eigenvalue weighted by atomic mass is 9.82. The van der Waals surface area contributed by atoms with Crippen LogP contribution in [0.25, 0.3) is 0 Å². The number of nitrogens with zero attached hydrogens (tertiary/aromatic N) is 1. The van der Waals surface area contributed by atoms with Crippen molar-refractivity contribution in [2.75, 3.05) is 13.1 Å². The quantitative estimate of drug-likeness (QED) is 0.723. The molecule has 0 aliphatic carbocycles. The molecule has 78 valence electrons. The topological polar surface area (TPSA) is 23.5 Å². The molecule has 0 bridgehead atoms. The van der Waals surface area contributed by atoms with Crippen molar-refractivity contribution in [3.63, 3.8) is 0 Å². The molecule has 1 N–H and O–H groups in total. The number of rotatable bonds is 4. The normalized spacial score (nSPS) is 24.5. The minimum atomic E-state index is -0.401. The molecule has 0 aromatic heterocycles. The van der Waals surface area contributed by atoms with E-state index in [1.54, 1.807) is 0 Å². The molecule has 1 unspecified atom stereocenters. The van der Waals surface area contributed by atoms with Gasteiger partial charge in [-0.15, -0.1) is 0 Å².